The first-order valence-corrected chi connectivity index (χ1v) is 14.5. The van der Waals surface area contributed by atoms with E-state index in [0.29, 0.717) is 38.9 Å². The van der Waals surface area contributed by atoms with Crippen LogP contribution in [-0.2, 0) is 9.53 Å². The number of carbonyl (C=O) groups excluding carboxylic acids is 1. The molecular weight excluding hydrogens is 620 g/mol. The number of benzene rings is 2. The molecule has 0 N–H and O–H groups in total. The van der Waals surface area contributed by atoms with Crippen molar-refractivity contribution in [1.82, 2.24) is 4.57 Å². The Morgan fingerprint density at radius 3 is 2.49 bits per heavy atom. The van der Waals surface area contributed by atoms with Crippen molar-refractivity contribution >= 4 is 55.2 Å². The molecule has 1 aliphatic rings. The zero-order valence-corrected chi connectivity index (χ0v) is 25.3. The largest absolute Gasteiger partial charge is 0.492 e. The number of fused-ring (bicyclic) bond motifs is 1. The van der Waals surface area contributed by atoms with Gasteiger partial charge in [-0.3, -0.25) is 9.36 Å². The van der Waals surface area contributed by atoms with Crippen LogP contribution < -0.4 is 19.6 Å². The number of hydrogen-bond donors (Lipinski definition) is 0. The van der Waals surface area contributed by atoms with Gasteiger partial charge in [0, 0.05) is 10.0 Å². The number of rotatable bonds is 7. The van der Waals surface area contributed by atoms with Gasteiger partial charge in [-0.2, -0.15) is 0 Å². The Bertz CT molecular complexity index is 1550. The van der Waals surface area contributed by atoms with Crippen LogP contribution in [0.2, 0.25) is 0 Å². The van der Waals surface area contributed by atoms with Crippen molar-refractivity contribution in [3.63, 3.8) is 0 Å². The van der Waals surface area contributed by atoms with Gasteiger partial charge in [0.1, 0.15) is 5.75 Å². The van der Waals surface area contributed by atoms with Crippen LogP contribution in [0.5, 0.6) is 5.75 Å². The van der Waals surface area contributed by atoms with Gasteiger partial charge >= 0.3 is 5.97 Å². The summed E-state index contributed by atoms with van der Waals surface area (Å²) >= 11 is 8.37. The van der Waals surface area contributed by atoms with Crippen LogP contribution in [0.15, 0.2) is 66.4 Å². The third kappa shape index (κ3) is 5.54. The minimum absolute atomic E-state index is 0.227. The predicted octanol–water partition coefficient (Wildman–Crippen LogP) is 5.85. The molecule has 0 saturated carbocycles. The van der Waals surface area contributed by atoms with Gasteiger partial charge in [-0.1, -0.05) is 65.4 Å². The lowest BCUT2D eigenvalue weighted by molar-refractivity contribution is -0.139. The second-order valence-corrected chi connectivity index (χ2v) is 11.6. The molecule has 0 saturated heterocycles. The highest BCUT2D eigenvalue weighted by molar-refractivity contribution is 9.11. The fourth-order valence-electron chi connectivity index (χ4n) is 4.30. The van der Waals surface area contributed by atoms with Gasteiger partial charge in [0.15, 0.2) is 4.80 Å². The second-order valence-electron chi connectivity index (χ2n) is 8.86. The van der Waals surface area contributed by atoms with Gasteiger partial charge in [0.2, 0.25) is 0 Å². The summed E-state index contributed by atoms with van der Waals surface area (Å²) in [6.45, 7) is 10.4. The van der Waals surface area contributed by atoms with Crippen LogP contribution in [0.4, 0.5) is 0 Å². The number of hydrogen-bond acceptors (Lipinski definition) is 6. The van der Waals surface area contributed by atoms with E-state index in [0.717, 1.165) is 20.1 Å². The number of thiazole rings is 1. The van der Waals surface area contributed by atoms with Gasteiger partial charge in [-0.25, -0.2) is 9.79 Å². The van der Waals surface area contributed by atoms with Crippen LogP contribution >= 0.6 is 43.2 Å². The summed E-state index contributed by atoms with van der Waals surface area (Å²) in [5.41, 5.74) is 3.46. The Labute approximate surface area is 236 Å². The lowest BCUT2D eigenvalue weighted by Crippen LogP contribution is -2.40. The minimum Gasteiger partial charge on any atom is -0.492 e. The van der Waals surface area contributed by atoms with E-state index in [1.807, 2.05) is 49.4 Å². The molecule has 0 fully saturated rings. The molecule has 0 amide bonds. The highest BCUT2D eigenvalue weighted by Gasteiger charge is 2.33. The average Bonchev–Trinajstić information content (AvgIpc) is 3.14. The van der Waals surface area contributed by atoms with E-state index in [-0.39, 0.29) is 12.2 Å². The number of ether oxygens (including phenoxy) is 2. The normalized spacial score (nSPS) is 15.6. The first kappa shape index (κ1) is 27.5. The van der Waals surface area contributed by atoms with Crippen molar-refractivity contribution in [1.29, 1.82) is 0 Å². The molecule has 9 heteroatoms. The molecule has 194 valence electrons. The molecule has 4 rings (SSSR count). The second kappa shape index (κ2) is 11.5. The number of nitrogens with zero attached hydrogens (tertiary/aromatic N) is 2. The summed E-state index contributed by atoms with van der Waals surface area (Å²) in [4.78, 5) is 32.2. The van der Waals surface area contributed by atoms with E-state index in [1.165, 1.54) is 16.9 Å². The minimum atomic E-state index is -0.640. The highest BCUT2D eigenvalue weighted by Crippen LogP contribution is 2.34. The Kier molecular flexibility index (Phi) is 8.56. The molecule has 2 aromatic carbocycles. The molecule has 0 radical (unpaired) electrons. The summed E-state index contributed by atoms with van der Waals surface area (Å²) in [7, 11) is 0. The maximum absolute atomic E-state index is 13.9. The monoisotopic (exact) mass is 646 g/mol. The molecule has 37 heavy (non-hydrogen) atoms. The molecular formula is C28H28Br2N2O4S. The van der Waals surface area contributed by atoms with Gasteiger partial charge in [-0.05, 0) is 72.0 Å². The molecule has 0 spiro atoms. The van der Waals surface area contributed by atoms with Crippen LogP contribution in [0.25, 0.3) is 6.08 Å². The first-order valence-electron chi connectivity index (χ1n) is 12.1. The number of aromatic nitrogens is 1. The maximum Gasteiger partial charge on any atom is 0.338 e. The van der Waals surface area contributed by atoms with Crippen molar-refractivity contribution in [2.75, 3.05) is 13.2 Å². The van der Waals surface area contributed by atoms with E-state index in [1.54, 1.807) is 18.4 Å². The zero-order valence-electron chi connectivity index (χ0n) is 21.3. The Hall–Kier alpha value is -2.49. The molecule has 1 aromatic heterocycles. The third-order valence-corrected chi connectivity index (χ3v) is 8.08. The molecule has 1 aliphatic heterocycles. The van der Waals surface area contributed by atoms with Crippen LogP contribution in [0.3, 0.4) is 0 Å². The molecule has 0 bridgehead atoms. The summed E-state index contributed by atoms with van der Waals surface area (Å²) in [6, 6.07) is 11.2. The quantitative estimate of drug-likeness (QED) is 0.302. The predicted molar refractivity (Wildman–Crippen MR) is 154 cm³/mol. The van der Waals surface area contributed by atoms with Gasteiger partial charge < -0.3 is 9.47 Å². The Morgan fingerprint density at radius 2 is 1.86 bits per heavy atom. The number of carbonyl (C=O) groups is 1. The topological polar surface area (TPSA) is 69.9 Å². The van der Waals surface area contributed by atoms with Gasteiger partial charge in [0.25, 0.3) is 5.56 Å². The molecule has 0 unspecified atom stereocenters. The summed E-state index contributed by atoms with van der Waals surface area (Å²) < 4.78 is 15.0. The average molecular weight is 648 g/mol. The summed E-state index contributed by atoms with van der Waals surface area (Å²) in [5, 5.41) is 0. The summed E-state index contributed by atoms with van der Waals surface area (Å²) in [6.07, 6.45) is 1.81. The summed E-state index contributed by atoms with van der Waals surface area (Å²) in [5.74, 6) is 0.549. The number of halogens is 2. The fraction of sp³-hybridized carbons (Fsp3) is 0.321. The van der Waals surface area contributed by atoms with Gasteiger partial charge in [-0.15, -0.1) is 0 Å². The lowest BCUT2D eigenvalue weighted by Gasteiger charge is -2.25. The van der Waals surface area contributed by atoms with Gasteiger partial charge in [0.05, 0.1) is 39.5 Å². The van der Waals surface area contributed by atoms with E-state index in [2.05, 4.69) is 50.7 Å². The number of esters is 1. The van der Waals surface area contributed by atoms with Crippen LogP contribution in [0, 0.1) is 0 Å². The van der Waals surface area contributed by atoms with E-state index in [4.69, 9.17) is 9.47 Å². The van der Waals surface area contributed by atoms with Crippen LogP contribution in [0.1, 0.15) is 63.3 Å². The third-order valence-electron chi connectivity index (χ3n) is 6.05. The van der Waals surface area contributed by atoms with E-state index < -0.39 is 12.0 Å². The first-order chi connectivity index (χ1) is 17.7. The molecule has 3 aromatic rings. The lowest BCUT2D eigenvalue weighted by atomic mass is 9.93. The fourth-order valence-corrected chi connectivity index (χ4v) is 6.71. The van der Waals surface area contributed by atoms with E-state index >= 15 is 0 Å². The smallest absolute Gasteiger partial charge is 0.338 e. The number of allylic oxidation sites excluding steroid dienone is 1. The van der Waals surface area contributed by atoms with Crippen molar-refractivity contribution < 1.29 is 14.3 Å². The Balaban J connectivity index is 1.96. The van der Waals surface area contributed by atoms with Crippen LogP contribution in [-0.4, -0.2) is 23.8 Å². The molecule has 6 nitrogen and oxygen atoms in total. The van der Waals surface area contributed by atoms with Crippen molar-refractivity contribution in [2.24, 2.45) is 4.99 Å². The maximum atomic E-state index is 13.9. The molecule has 2 heterocycles. The van der Waals surface area contributed by atoms with E-state index in [9.17, 15) is 9.59 Å². The molecule has 0 aliphatic carbocycles. The zero-order chi connectivity index (χ0) is 26.9. The SMILES string of the molecule is CCOC(=O)C1=C(C)N=c2s/c(=C\c3cc(Br)cc(Br)c3OCC)c(=O)n2[C@H]1c1ccc(C(C)C)cc1. The van der Waals surface area contributed by atoms with Crippen molar-refractivity contribution in [2.45, 2.75) is 46.6 Å². The standard InChI is InChI=1S/C28H28Br2N2O4S/c1-6-35-25-19(12-20(29)14-21(25)30)13-22-26(33)32-24(18-10-8-17(9-11-18)15(3)4)23(27(34)36-7-2)16(5)31-28(32)37-22/h8-15,24H,6-7H2,1-5H3/b22-13-/t24-/m0/s1. The highest BCUT2D eigenvalue weighted by atomic mass is 79.9. The van der Waals surface area contributed by atoms with Crippen molar-refractivity contribution in [3.05, 3.63) is 93.0 Å². The van der Waals surface area contributed by atoms with Crippen molar-refractivity contribution in [3.8, 4) is 5.75 Å². The molecule has 1 atom stereocenters. The Morgan fingerprint density at radius 1 is 1.16 bits per heavy atom.